The number of nitrogens with zero attached hydrogens (tertiary/aromatic N) is 3. The van der Waals surface area contributed by atoms with Crippen molar-refractivity contribution in [2.75, 3.05) is 13.2 Å². The van der Waals surface area contributed by atoms with E-state index in [0.717, 1.165) is 42.0 Å². The maximum Gasteiger partial charge on any atom is 0.355 e. The summed E-state index contributed by atoms with van der Waals surface area (Å²) in [6.07, 6.45) is 2.66. The third kappa shape index (κ3) is 6.08. The number of sulfonamides is 1. The van der Waals surface area contributed by atoms with Crippen molar-refractivity contribution in [2.24, 2.45) is 11.1 Å². The number of halogens is 2. The van der Waals surface area contributed by atoms with Crippen molar-refractivity contribution in [2.45, 2.75) is 36.2 Å². The van der Waals surface area contributed by atoms with Gasteiger partial charge in [-0.2, -0.15) is 5.10 Å². The van der Waals surface area contributed by atoms with Gasteiger partial charge in [0, 0.05) is 22.9 Å². The van der Waals surface area contributed by atoms with Crippen LogP contribution < -0.4 is 5.14 Å². The van der Waals surface area contributed by atoms with Crippen LogP contribution in [-0.2, 0) is 27.6 Å². The number of hydrogen-bond acceptors (Lipinski definition) is 8. The van der Waals surface area contributed by atoms with Crippen molar-refractivity contribution in [1.29, 1.82) is 0 Å². The Balaban J connectivity index is 1.51. The minimum absolute atomic E-state index is 0.0212. The van der Waals surface area contributed by atoms with E-state index in [1.54, 1.807) is 4.68 Å². The number of aromatic carboxylic acids is 1. The Bertz CT molecular complexity index is 1940. The first-order valence-electron chi connectivity index (χ1n) is 13.1. The van der Waals surface area contributed by atoms with Gasteiger partial charge >= 0.3 is 5.97 Å². The summed E-state index contributed by atoms with van der Waals surface area (Å²) in [5.74, 6) is 2.89. The number of hydrogen-bond donors (Lipinski definition) is 3. The molecule has 2 fully saturated rings. The Hall–Kier alpha value is -4.00. The van der Waals surface area contributed by atoms with E-state index >= 15 is 0 Å². The lowest BCUT2D eigenvalue weighted by Crippen LogP contribution is -2.48. The second-order valence-electron chi connectivity index (χ2n) is 10.6. The third-order valence-corrected chi connectivity index (χ3v) is 8.96. The number of carbonyl (C=O) groups is 1. The molecule has 2 aromatic heterocycles. The molecule has 43 heavy (non-hydrogen) atoms. The van der Waals surface area contributed by atoms with Crippen LogP contribution >= 0.6 is 11.3 Å². The SMILES string of the molecule is NS(=O)(=O)c1ccc(Cc2c(-c3ccc(F)c(C#CC4(O)COC4)c3)nn(-c3nc(C(=O)O)cs3)c2CC2CC2)cc1F. The number of aromatic nitrogens is 3. The topological polar surface area (TPSA) is 158 Å². The van der Waals surface area contributed by atoms with Gasteiger partial charge in [-0.1, -0.05) is 17.9 Å². The first-order chi connectivity index (χ1) is 20.4. The highest BCUT2D eigenvalue weighted by molar-refractivity contribution is 7.89. The smallest absolute Gasteiger partial charge is 0.355 e. The summed E-state index contributed by atoms with van der Waals surface area (Å²) in [5, 5.41) is 31.4. The first kappa shape index (κ1) is 29.1. The van der Waals surface area contributed by atoms with Crippen LogP contribution in [0.4, 0.5) is 8.78 Å². The molecule has 3 heterocycles. The van der Waals surface area contributed by atoms with Gasteiger partial charge in [-0.15, -0.1) is 11.3 Å². The van der Waals surface area contributed by atoms with Gasteiger partial charge in [-0.25, -0.2) is 36.8 Å². The summed E-state index contributed by atoms with van der Waals surface area (Å²) in [5.41, 5.74) is 1.21. The van der Waals surface area contributed by atoms with Crippen LogP contribution in [0.1, 0.15) is 45.7 Å². The van der Waals surface area contributed by atoms with Crippen LogP contribution in [0.15, 0.2) is 46.7 Å². The van der Waals surface area contributed by atoms with Gasteiger partial charge in [0.2, 0.25) is 15.2 Å². The van der Waals surface area contributed by atoms with Gasteiger partial charge in [-0.3, -0.25) is 0 Å². The molecule has 0 bridgehead atoms. The standard InChI is InChI=1S/C29H24F2N4O6S2/c30-21-5-4-19(12-18(21)7-8-29(38)14-41-15-29)26-20(9-17-3-6-25(22(31)10-17)43(32,39)40)24(11-16-1-2-16)35(34-26)28-33-23(13-42-28)27(36)37/h3-6,10,12-13,16,38H,1-2,9,11,14-15H2,(H,36,37)(H2,32,39,40). The molecule has 2 aliphatic rings. The maximum atomic E-state index is 14.8. The van der Waals surface area contributed by atoms with Gasteiger partial charge in [0.25, 0.3) is 0 Å². The minimum atomic E-state index is -4.27. The van der Waals surface area contributed by atoms with E-state index in [1.807, 2.05) is 0 Å². The molecule has 2 aromatic carbocycles. The van der Waals surface area contributed by atoms with Crippen LogP contribution in [0.5, 0.6) is 0 Å². The highest BCUT2D eigenvalue weighted by atomic mass is 32.2. The van der Waals surface area contributed by atoms with Crippen molar-refractivity contribution in [3.05, 3.63) is 81.5 Å². The second-order valence-corrected chi connectivity index (χ2v) is 13.0. The Morgan fingerprint density at radius 3 is 2.56 bits per heavy atom. The van der Waals surface area contributed by atoms with Gasteiger partial charge in [0.05, 0.1) is 30.2 Å². The predicted molar refractivity (Wildman–Crippen MR) is 151 cm³/mol. The monoisotopic (exact) mass is 626 g/mol. The van der Waals surface area contributed by atoms with Gasteiger partial charge in [0.1, 0.15) is 16.5 Å². The lowest BCUT2D eigenvalue weighted by molar-refractivity contribution is -0.140. The molecule has 6 rings (SSSR count). The number of carboxylic acids is 1. The lowest BCUT2D eigenvalue weighted by Gasteiger charge is -2.30. The molecule has 4 aromatic rings. The Kier molecular flexibility index (Phi) is 7.39. The van der Waals surface area contributed by atoms with Gasteiger partial charge in [0.15, 0.2) is 11.3 Å². The van der Waals surface area contributed by atoms with E-state index in [0.29, 0.717) is 39.9 Å². The number of rotatable bonds is 8. The molecule has 0 amide bonds. The fraction of sp³-hybridized carbons (Fsp3) is 0.276. The molecule has 0 unspecified atom stereocenters. The normalized spacial score (nSPS) is 15.9. The molecule has 1 saturated heterocycles. The number of thiazole rings is 1. The highest BCUT2D eigenvalue weighted by Crippen LogP contribution is 2.38. The molecule has 222 valence electrons. The minimum Gasteiger partial charge on any atom is -0.476 e. The van der Waals surface area contributed by atoms with E-state index in [4.69, 9.17) is 15.0 Å². The maximum absolute atomic E-state index is 14.8. The molecule has 0 radical (unpaired) electrons. The van der Waals surface area contributed by atoms with Crippen molar-refractivity contribution in [1.82, 2.24) is 14.8 Å². The van der Waals surface area contributed by atoms with Crippen LogP contribution in [-0.4, -0.2) is 58.2 Å². The number of nitrogens with two attached hydrogens (primary N) is 1. The van der Waals surface area contributed by atoms with Crippen molar-refractivity contribution >= 4 is 27.3 Å². The fourth-order valence-electron chi connectivity index (χ4n) is 4.73. The summed E-state index contributed by atoms with van der Waals surface area (Å²) < 4.78 is 59.7. The number of primary sulfonamides is 1. The van der Waals surface area contributed by atoms with Gasteiger partial charge < -0.3 is 14.9 Å². The predicted octanol–water partition coefficient (Wildman–Crippen LogP) is 3.28. The molecule has 4 N–H and O–H groups in total. The average molecular weight is 627 g/mol. The fourth-order valence-corrected chi connectivity index (χ4v) is 6.10. The van der Waals surface area contributed by atoms with E-state index in [-0.39, 0.29) is 30.9 Å². The highest BCUT2D eigenvalue weighted by Gasteiger charge is 2.34. The Morgan fingerprint density at radius 2 is 1.95 bits per heavy atom. The van der Waals surface area contributed by atoms with Crippen LogP contribution in [0.25, 0.3) is 16.4 Å². The second kappa shape index (κ2) is 10.9. The summed E-state index contributed by atoms with van der Waals surface area (Å²) in [6.45, 7) is 0.0423. The molecule has 1 aliphatic carbocycles. The molecule has 1 saturated carbocycles. The molecule has 14 heteroatoms. The van der Waals surface area contributed by atoms with Gasteiger partial charge in [-0.05, 0) is 61.1 Å². The summed E-state index contributed by atoms with van der Waals surface area (Å²) in [6, 6.07) is 7.91. The Labute approximate surface area is 248 Å². The number of benzene rings is 2. The average Bonchev–Trinajstić information content (AvgIpc) is 3.49. The van der Waals surface area contributed by atoms with Crippen LogP contribution in [0.3, 0.4) is 0 Å². The largest absolute Gasteiger partial charge is 0.476 e. The molecule has 0 atom stereocenters. The number of ether oxygens (including phenoxy) is 1. The summed E-state index contributed by atoms with van der Waals surface area (Å²) in [7, 11) is -4.27. The zero-order chi connectivity index (χ0) is 30.5. The molecule has 10 nitrogen and oxygen atoms in total. The molecular weight excluding hydrogens is 602 g/mol. The first-order valence-corrected chi connectivity index (χ1v) is 15.6. The Morgan fingerprint density at radius 1 is 1.19 bits per heavy atom. The van der Waals surface area contributed by atoms with Crippen molar-refractivity contribution < 1.29 is 36.9 Å². The summed E-state index contributed by atoms with van der Waals surface area (Å²) in [4.78, 5) is 15.2. The van der Waals surface area contributed by atoms with E-state index in [9.17, 15) is 32.2 Å². The van der Waals surface area contributed by atoms with E-state index < -0.39 is 38.1 Å². The molecule has 1 aliphatic heterocycles. The quantitative estimate of drug-likeness (QED) is 0.252. The number of aliphatic hydroxyl groups is 1. The van der Waals surface area contributed by atoms with E-state index in [1.165, 1.54) is 29.6 Å². The zero-order valence-corrected chi connectivity index (χ0v) is 24.0. The van der Waals surface area contributed by atoms with Crippen molar-refractivity contribution in [3.8, 4) is 28.2 Å². The lowest BCUT2D eigenvalue weighted by atomic mass is 9.96. The zero-order valence-electron chi connectivity index (χ0n) is 22.4. The summed E-state index contributed by atoms with van der Waals surface area (Å²) >= 11 is 1.09. The van der Waals surface area contributed by atoms with Crippen LogP contribution in [0, 0.1) is 29.4 Å². The third-order valence-electron chi connectivity index (χ3n) is 7.20. The van der Waals surface area contributed by atoms with Crippen molar-refractivity contribution in [3.63, 3.8) is 0 Å². The molecular formula is C29H24F2N4O6S2. The van der Waals surface area contributed by atoms with E-state index in [2.05, 4.69) is 16.8 Å². The number of carboxylic acid groups (broad SMARTS) is 1. The molecule has 0 spiro atoms. The van der Waals surface area contributed by atoms with Crippen LogP contribution in [0.2, 0.25) is 0 Å².